The molecule has 2 aromatic rings. The van der Waals surface area contributed by atoms with Crippen LogP contribution in [0.4, 0.5) is 0 Å². The van der Waals surface area contributed by atoms with Gasteiger partial charge < -0.3 is 4.74 Å². The number of hydrogen-bond acceptors (Lipinski definition) is 3. The lowest BCUT2D eigenvalue weighted by atomic mass is 10.1. The van der Waals surface area contributed by atoms with Gasteiger partial charge in [0.25, 0.3) is 0 Å². The van der Waals surface area contributed by atoms with Crippen molar-refractivity contribution in [2.75, 3.05) is 6.61 Å². The molecule has 0 amide bonds. The summed E-state index contributed by atoms with van der Waals surface area (Å²) in [4.78, 5) is 11.5. The van der Waals surface area contributed by atoms with Crippen LogP contribution in [-0.4, -0.2) is 22.4 Å². The monoisotopic (exact) mass is 264 g/mol. The predicted octanol–water partition coefficient (Wildman–Crippen LogP) is 2.72. The third-order valence-corrected chi connectivity index (χ3v) is 2.88. The molecular weight excluding hydrogens is 252 g/mol. The summed E-state index contributed by atoms with van der Waals surface area (Å²) in [6, 6.07) is 9.15. The maximum absolute atomic E-state index is 11.5. The summed E-state index contributed by atoms with van der Waals surface area (Å²) in [6.45, 7) is 2.08. The van der Waals surface area contributed by atoms with Crippen molar-refractivity contribution in [3.63, 3.8) is 0 Å². The summed E-state index contributed by atoms with van der Waals surface area (Å²) in [6.07, 6.45) is 3.55. The number of aromatic nitrogens is 2. The van der Waals surface area contributed by atoms with Crippen LogP contribution in [0.25, 0.3) is 5.69 Å². The molecule has 1 aromatic carbocycles. The lowest BCUT2D eigenvalue weighted by Crippen LogP contribution is -2.11. The summed E-state index contributed by atoms with van der Waals surface area (Å²) < 4.78 is 6.61. The minimum atomic E-state index is -0.767. The molecule has 2 rings (SSSR count). The zero-order chi connectivity index (χ0) is 13.0. The van der Waals surface area contributed by atoms with Crippen LogP contribution in [0.2, 0.25) is 0 Å². The fraction of sp³-hybridized carbons (Fsp3) is 0.231. The van der Waals surface area contributed by atoms with Crippen LogP contribution in [0, 0.1) is 0 Å². The fourth-order valence-corrected chi connectivity index (χ4v) is 1.78. The number of carbonyl (C=O) groups excluding carboxylic acids is 1. The van der Waals surface area contributed by atoms with E-state index in [4.69, 9.17) is 16.3 Å². The molecule has 1 aromatic heterocycles. The number of hydrogen-bond donors (Lipinski definition) is 0. The van der Waals surface area contributed by atoms with E-state index in [0.717, 1.165) is 5.69 Å². The lowest BCUT2D eigenvalue weighted by Gasteiger charge is -2.09. The van der Waals surface area contributed by atoms with Crippen molar-refractivity contribution in [2.45, 2.75) is 12.3 Å². The van der Waals surface area contributed by atoms with Gasteiger partial charge in [-0.2, -0.15) is 5.10 Å². The average Bonchev–Trinajstić information content (AvgIpc) is 2.92. The quantitative estimate of drug-likeness (QED) is 0.630. The van der Waals surface area contributed by atoms with E-state index in [1.807, 2.05) is 24.4 Å². The van der Waals surface area contributed by atoms with Crippen molar-refractivity contribution in [3.05, 3.63) is 48.3 Å². The van der Waals surface area contributed by atoms with Gasteiger partial charge in [0.1, 0.15) is 0 Å². The first kappa shape index (κ1) is 12.6. The summed E-state index contributed by atoms with van der Waals surface area (Å²) in [5, 5.41) is 3.35. The molecule has 0 aliphatic carbocycles. The number of rotatable bonds is 4. The normalized spacial score (nSPS) is 12.1. The van der Waals surface area contributed by atoms with Crippen molar-refractivity contribution in [1.29, 1.82) is 0 Å². The van der Waals surface area contributed by atoms with Crippen LogP contribution in [-0.2, 0) is 9.53 Å². The fourth-order valence-electron chi connectivity index (χ4n) is 1.57. The third kappa shape index (κ3) is 2.71. The first-order valence-electron chi connectivity index (χ1n) is 5.63. The second kappa shape index (κ2) is 5.69. The smallest absolute Gasteiger partial charge is 0.328 e. The highest BCUT2D eigenvalue weighted by Gasteiger charge is 2.18. The Morgan fingerprint density at radius 3 is 2.72 bits per heavy atom. The van der Waals surface area contributed by atoms with Crippen molar-refractivity contribution >= 4 is 17.6 Å². The number of carbonyl (C=O) groups is 1. The first-order valence-corrected chi connectivity index (χ1v) is 6.06. The number of ether oxygens (including phenoxy) is 1. The molecule has 0 N–H and O–H groups in total. The standard InChI is InChI=1S/C13H13ClN2O2/c1-2-18-13(17)12(14)10-4-6-11(7-5-10)16-9-3-8-15-16/h3-9,12H,2H2,1H3. The highest BCUT2D eigenvalue weighted by atomic mass is 35.5. The van der Waals surface area contributed by atoms with Crippen molar-refractivity contribution in [2.24, 2.45) is 0 Å². The lowest BCUT2D eigenvalue weighted by molar-refractivity contribution is -0.142. The maximum Gasteiger partial charge on any atom is 0.328 e. The zero-order valence-electron chi connectivity index (χ0n) is 9.91. The molecule has 1 unspecified atom stereocenters. The molecule has 0 aliphatic rings. The van der Waals surface area contributed by atoms with Crippen LogP contribution >= 0.6 is 11.6 Å². The number of benzene rings is 1. The first-order chi connectivity index (χ1) is 8.72. The predicted molar refractivity (Wildman–Crippen MR) is 68.8 cm³/mol. The molecule has 0 saturated heterocycles. The van der Waals surface area contributed by atoms with Crippen molar-refractivity contribution < 1.29 is 9.53 Å². The van der Waals surface area contributed by atoms with Crippen molar-refractivity contribution in [3.8, 4) is 5.69 Å². The SMILES string of the molecule is CCOC(=O)C(Cl)c1ccc(-n2cccn2)cc1. The van der Waals surface area contributed by atoms with E-state index >= 15 is 0 Å². The van der Waals surface area contributed by atoms with Gasteiger partial charge in [-0.3, -0.25) is 4.79 Å². The zero-order valence-corrected chi connectivity index (χ0v) is 10.7. The highest BCUT2D eigenvalue weighted by molar-refractivity contribution is 6.29. The Balaban J connectivity index is 2.15. The van der Waals surface area contributed by atoms with Crippen LogP contribution in [0.15, 0.2) is 42.7 Å². The van der Waals surface area contributed by atoms with E-state index in [0.29, 0.717) is 12.2 Å². The molecule has 4 nitrogen and oxygen atoms in total. The van der Waals surface area contributed by atoms with E-state index < -0.39 is 11.3 Å². The molecule has 0 fully saturated rings. The van der Waals surface area contributed by atoms with Gasteiger partial charge in [-0.25, -0.2) is 4.68 Å². The number of nitrogens with zero attached hydrogens (tertiary/aromatic N) is 2. The Bertz CT molecular complexity index is 508. The second-order valence-electron chi connectivity index (χ2n) is 3.66. The molecule has 0 radical (unpaired) electrons. The molecule has 0 spiro atoms. The molecule has 94 valence electrons. The van der Waals surface area contributed by atoms with Gasteiger partial charge in [-0.05, 0) is 30.7 Å². The summed E-state index contributed by atoms with van der Waals surface area (Å²) in [7, 11) is 0. The molecule has 0 aliphatic heterocycles. The van der Waals surface area contributed by atoms with Crippen LogP contribution in [0.5, 0.6) is 0 Å². The summed E-state index contributed by atoms with van der Waals surface area (Å²) >= 11 is 6.02. The Labute approximate surface area is 110 Å². The van der Waals surface area contributed by atoms with Gasteiger partial charge >= 0.3 is 5.97 Å². The van der Waals surface area contributed by atoms with Crippen molar-refractivity contribution in [1.82, 2.24) is 9.78 Å². The minimum absolute atomic E-state index is 0.327. The van der Waals surface area contributed by atoms with Gasteiger partial charge in [-0.1, -0.05) is 12.1 Å². The van der Waals surface area contributed by atoms with E-state index in [1.165, 1.54) is 0 Å². The topological polar surface area (TPSA) is 44.1 Å². The Morgan fingerprint density at radius 2 is 2.17 bits per heavy atom. The Morgan fingerprint density at radius 1 is 1.44 bits per heavy atom. The van der Waals surface area contributed by atoms with Gasteiger partial charge in [0.05, 0.1) is 12.3 Å². The maximum atomic E-state index is 11.5. The van der Waals surface area contributed by atoms with Crippen LogP contribution < -0.4 is 0 Å². The van der Waals surface area contributed by atoms with Gasteiger partial charge in [-0.15, -0.1) is 11.6 Å². The van der Waals surface area contributed by atoms with E-state index in [2.05, 4.69) is 5.10 Å². The molecular formula is C13H13ClN2O2. The van der Waals surface area contributed by atoms with Crippen LogP contribution in [0.1, 0.15) is 17.9 Å². The molecule has 0 saturated carbocycles. The van der Waals surface area contributed by atoms with E-state index in [9.17, 15) is 4.79 Å². The van der Waals surface area contributed by atoms with Gasteiger partial charge in [0.15, 0.2) is 5.38 Å². The number of halogens is 1. The molecule has 5 heteroatoms. The largest absolute Gasteiger partial charge is 0.465 e. The van der Waals surface area contributed by atoms with Crippen LogP contribution in [0.3, 0.4) is 0 Å². The van der Waals surface area contributed by atoms with E-state index in [-0.39, 0.29) is 0 Å². The molecule has 18 heavy (non-hydrogen) atoms. The second-order valence-corrected chi connectivity index (χ2v) is 4.09. The average molecular weight is 265 g/mol. The number of alkyl halides is 1. The molecule has 1 atom stereocenters. The Hall–Kier alpha value is -1.81. The Kier molecular flexibility index (Phi) is 3.99. The molecule has 0 bridgehead atoms. The van der Waals surface area contributed by atoms with Gasteiger partial charge in [0.2, 0.25) is 0 Å². The number of esters is 1. The summed E-state index contributed by atoms with van der Waals surface area (Å²) in [5.41, 5.74) is 1.63. The minimum Gasteiger partial charge on any atom is -0.465 e. The molecule has 1 heterocycles. The highest BCUT2D eigenvalue weighted by Crippen LogP contribution is 2.23. The third-order valence-electron chi connectivity index (χ3n) is 2.45. The summed E-state index contributed by atoms with van der Waals surface area (Å²) in [5.74, 6) is -0.425. The van der Waals surface area contributed by atoms with E-state index in [1.54, 1.807) is 29.9 Å². The van der Waals surface area contributed by atoms with Gasteiger partial charge in [0, 0.05) is 12.4 Å².